The third-order valence-corrected chi connectivity index (χ3v) is 6.41. The average molecular weight is 633 g/mol. The quantitative estimate of drug-likeness (QED) is 0.0744. The van der Waals surface area contributed by atoms with E-state index in [1.807, 2.05) is 13.8 Å². The van der Waals surface area contributed by atoms with Crippen LogP contribution in [0.1, 0.15) is 72.6 Å². The highest BCUT2D eigenvalue weighted by Gasteiger charge is 2.25. The van der Waals surface area contributed by atoms with Crippen LogP contribution in [0.15, 0.2) is 0 Å². The third-order valence-electron chi connectivity index (χ3n) is 6.41. The van der Waals surface area contributed by atoms with Gasteiger partial charge >= 0.3 is 5.97 Å². The van der Waals surface area contributed by atoms with Crippen molar-refractivity contribution in [2.75, 3.05) is 79.0 Å². The molecule has 1 atom stereocenters. The van der Waals surface area contributed by atoms with Gasteiger partial charge in [-0.3, -0.25) is 24.0 Å². The molecule has 0 aromatic heterocycles. The van der Waals surface area contributed by atoms with Gasteiger partial charge in [-0.05, 0) is 31.1 Å². The summed E-state index contributed by atoms with van der Waals surface area (Å²) in [4.78, 5) is 58.2. The van der Waals surface area contributed by atoms with Gasteiger partial charge in [0.2, 0.25) is 23.6 Å². The van der Waals surface area contributed by atoms with Gasteiger partial charge in [-0.25, -0.2) is 0 Å². The van der Waals surface area contributed by atoms with Gasteiger partial charge in [0.15, 0.2) is 0 Å². The van der Waals surface area contributed by atoms with E-state index in [2.05, 4.69) is 28.2 Å². The molecule has 0 aliphatic rings. The zero-order chi connectivity index (χ0) is 33.1. The first-order valence-corrected chi connectivity index (χ1v) is 15.6. The zero-order valence-corrected chi connectivity index (χ0v) is 27.1. The molecule has 256 valence electrons. The van der Waals surface area contributed by atoms with Crippen LogP contribution in [0.5, 0.6) is 0 Å². The van der Waals surface area contributed by atoms with Crippen LogP contribution >= 0.6 is 0 Å². The van der Waals surface area contributed by atoms with Gasteiger partial charge < -0.3 is 45.3 Å². The lowest BCUT2D eigenvalue weighted by atomic mass is 9.79. The Balaban J connectivity index is 3.54. The van der Waals surface area contributed by atoms with Crippen molar-refractivity contribution in [3.8, 4) is 0 Å². The Hall–Kier alpha value is -2.81. The molecule has 0 aromatic carbocycles. The van der Waals surface area contributed by atoms with Crippen molar-refractivity contribution in [2.45, 2.75) is 72.6 Å². The monoisotopic (exact) mass is 632 g/mol. The molecule has 0 bridgehead atoms. The fraction of sp³-hybridized carbons (Fsp3) is 0.833. The standard InChI is InChI=1S/C30H56N4O10/c1-5-6-11-32-27(37)22-43-19-18-42-16-14-34-28(38)23-44-20-17-41-15-13-33-25(35)8-7-12-31-26(36)9-10-30(3,4)21-24(2)29(39)40/h24H,5-23H2,1-4H3,(H,31,36)(H,32,37)(H,33,35)(H,34,38)(H,39,40). The van der Waals surface area contributed by atoms with Crippen LogP contribution in [-0.2, 0) is 42.9 Å². The second-order valence-electron chi connectivity index (χ2n) is 11.3. The molecule has 14 heteroatoms. The predicted molar refractivity (Wildman–Crippen MR) is 164 cm³/mol. The van der Waals surface area contributed by atoms with E-state index in [0.29, 0.717) is 78.3 Å². The maximum Gasteiger partial charge on any atom is 0.306 e. The number of rotatable bonds is 29. The Morgan fingerprint density at radius 1 is 0.636 bits per heavy atom. The van der Waals surface area contributed by atoms with Crippen LogP contribution in [0, 0.1) is 11.3 Å². The normalized spacial score (nSPS) is 11.9. The number of nitrogens with one attached hydrogen (secondary N) is 4. The van der Waals surface area contributed by atoms with Gasteiger partial charge in [-0.15, -0.1) is 0 Å². The first-order valence-electron chi connectivity index (χ1n) is 15.6. The Labute approximate surface area is 262 Å². The molecule has 0 radical (unpaired) electrons. The van der Waals surface area contributed by atoms with Gasteiger partial charge in [-0.2, -0.15) is 0 Å². The predicted octanol–water partition coefficient (Wildman–Crippen LogP) is 1.02. The fourth-order valence-electron chi connectivity index (χ4n) is 3.93. The van der Waals surface area contributed by atoms with Crippen LogP contribution in [0.25, 0.3) is 0 Å². The molecule has 4 amide bonds. The minimum Gasteiger partial charge on any atom is -0.481 e. The number of aliphatic carboxylic acids is 1. The summed E-state index contributed by atoms with van der Waals surface area (Å²) in [5, 5.41) is 20.0. The van der Waals surface area contributed by atoms with E-state index in [1.54, 1.807) is 6.92 Å². The molecule has 0 aliphatic heterocycles. The minimum atomic E-state index is -0.834. The first kappa shape index (κ1) is 41.2. The summed E-state index contributed by atoms with van der Waals surface area (Å²) in [6.45, 7) is 11.0. The van der Waals surface area contributed by atoms with E-state index in [9.17, 15) is 24.0 Å². The molecule has 0 aliphatic carbocycles. The second-order valence-corrected chi connectivity index (χ2v) is 11.3. The summed E-state index contributed by atoms with van der Waals surface area (Å²) in [5.41, 5.74) is -0.249. The van der Waals surface area contributed by atoms with Gasteiger partial charge in [0.25, 0.3) is 0 Å². The molecule has 44 heavy (non-hydrogen) atoms. The molecular formula is C30H56N4O10. The summed E-state index contributed by atoms with van der Waals surface area (Å²) >= 11 is 0. The molecule has 0 heterocycles. The van der Waals surface area contributed by atoms with E-state index in [1.165, 1.54) is 0 Å². The Morgan fingerprint density at radius 3 is 1.64 bits per heavy atom. The zero-order valence-electron chi connectivity index (χ0n) is 27.1. The summed E-state index contributed by atoms with van der Waals surface area (Å²) < 4.78 is 21.2. The lowest BCUT2D eigenvalue weighted by Crippen LogP contribution is -2.32. The molecule has 0 saturated carbocycles. The number of hydrogen-bond donors (Lipinski definition) is 5. The average Bonchev–Trinajstić information content (AvgIpc) is 2.96. The number of carbonyl (C=O) groups excluding carboxylic acids is 4. The third kappa shape index (κ3) is 26.8. The van der Waals surface area contributed by atoms with Gasteiger partial charge in [-0.1, -0.05) is 34.1 Å². The van der Waals surface area contributed by atoms with Crippen molar-refractivity contribution in [2.24, 2.45) is 11.3 Å². The maximum atomic E-state index is 12.1. The summed E-state index contributed by atoms with van der Waals surface area (Å²) in [7, 11) is 0. The van der Waals surface area contributed by atoms with E-state index in [-0.39, 0.29) is 61.9 Å². The van der Waals surface area contributed by atoms with Crippen molar-refractivity contribution in [1.82, 2.24) is 21.3 Å². The molecule has 14 nitrogen and oxygen atoms in total. The van der Waals surface area contributed by atoms with Crippen molar-refractivity contribution in [1.29, 1.82) is 0 Å². The Kier molecular flexibility index (Phi) is 24.9. The molecule has 0 fully saturated rings. The second kappa shape index (κ2) is 26.6. The molecular weight excluding hydrogens is 576 g/mol. The smallest absolute Gasteiger partial charge is 0.306 e. The summed E-state index contributed by atoms with van der Waals surface area (Å²) in [6.07, 6.45) is 4.14. The Morgan fingerprint density at radius 2 is 1.09 bits per heavy atom. The van der Waals surface area contributed by atoms with Crippen molar-refractivity contribution in [3.63, 3.8) is 0 Å². The number of hydrogen-bond acceptors (Lipinski definition) is 9. The topological polar surface area (TPSA) is 191 Å². The van der Waals surface area contributed by atoms with Crippen molar-refractivity contribution in [3.05, 3.63) is 0 Å². The van der Waals surface area contributed by atoms with E-state index >= 15 is 0 Å². The molecule has 0 rings (SSSR count). The number of unbranched alkanes of at least 4 members (excludes halogenated alkanes) is 1. The number of carboxylic acids is 1. The van der Waals surface area contributed by atoms with E-state index in [0.717, 1.165) is 12.8 Å². The number of carbonyl (C=O) groups is 5. The van der Waals surface area contributed by atoms with Crippen molar-refractivity contribution < 1.29 is 48.0 Å². The first-order chi connectivity index (χ1) is 21.0. The highest BCUT2D eigenvalue weighted by molar-refractivity contribution is 5.78. The maximum absolute atomic E-state index is 12.1. The molecule has 0 spiro atoms. The largest absolute Gasteiger partial charge is 0.481 e. The van der Waals surface area contributed by atoms with Crippen LogP contribution in [-0.4, -0.2) is 114 Å². The van der Waals surface area contributed by atoms with Crippen LogP contribution in [0.2, 0.25) is 0 Å². The minimum absolute atomic E-state index is 0.00266. The number of carboxylic acid groups (broad SMARTS) is 1. The lowest BCUT2D eigenvalue weighted by molar-refractivity contribution is -0.142. The van der Waals surface area contributed by atoms with E-state index < -0.39 is 11.9 Å². The van der Waals surface area contributed by atoms with Crippen LogP contribution in [0.4, 0.5) is 0 Å². The Bertz CT molecular complexity index is 826. The number of ether oxygens (including phenoxy) is 4. The van der Waals surface area contributed by atoms with Gasteiger partial charge in [0.05, 0.1) is 45.6 Å². The van der Waals surface area contributed by atoms with E-state index in [4.69, 9.17) is 24.1 Å². The molecule has 5 N–H and O–H groups in total. The molecule has 0 saturated heterocycles. The SMILES string of the molecule is CCCCNC(=O)COCCOCCNC(=O)COCCOCCNC(=O)CCCNC(=O)CCC(C)(C)CC(C)C(=O)O. The van der Waals surface area contributed by atoms with Crippen LogP contribution < -0.4 is 21.3 Å². The van der Waals surface area contributed by atoms with Gasteiger partial charge in [0.1, 0.15) is 13.2 Å². The van der Waals surface area contributed by atoms with Gasteiger partial charge in [0, 0.05) is 39.0 Å². The number of amides is 4. The van der Waals surface area contributed by atoms with Crippen LogP contribution in [0.3, 0.4) is 0 Å². The lowest BCUT2D eigenvalue weighted by Gasteiger charge is -2.26. The van der Waals surface area contributed by atoms with Crippen molar-refractivity contribution >= 4 is 29.6 Å². The summed E-state index contributed by atoms with van der Waals surface area (Å²) in [5.74, 6) is -1.95. The highest BCUT2D eigenvalue weighted by Crippen LogP contribution is 2.30. The fourth-order valence-corrected chi connectivity index (χ4v) is 3.93. The highest BCUT2D eigenvalue weighted by atomic mass is 16.5. The molecule has 0 aromatic rings. The molecule has 1 unspecified atom stereocenters. The summed E-state index contributed by atoms with van der Waals surface area (Å²) in [6, 6.07) is 0.